The second kappa shape index (κ2) is 7.19. The topological polar surface area (TPSA) is 53.5 Å². The van der Waals surface area contributed by atoms with Gasteiger partial charge in [0, 0.05) is 43.0 Å². The van der Waals surface area contributed by atoms with Crippen LogP contribution < -0.4 is 0 Å². The van der Waals surface area contributed by atoms with Crippen molar-refractivity contribution in [2.75, 3.05) is 26.2 Å². The molecule has 0 saturated carbocycles. The molecule has 2 heterocycles. The summed E-state index contributed by atoms with van der Waals surface area (Å²) in [7, 11) is 0. The van der Waals surface area contributed by atoms with E-state index >= 15 is 0 Å². The van der Waals surface area contributed by atoms with Crippen molar-refractivity contribution in [3.05, 3.63) is 64.2 Å². The molecular weight excluding hydrogens is 345 g/mol. The van der Waals surface area contributed by atoms with Gasteiger partial charge in [-0.25, -0.2) is 4.39 Å². The van der Waals surface area contributed by atoms with Crippen LogP contribution in [0.3, 0.4) is 0 Å². The number of hydrogen-bond acceptors (Lipinski definition) is 3. The van der Waals surface area contributed by atoms with Gasteiger partial charge in [0.25, 0.3) is 11.8 Å². The predicted molar refractivity (Wildman–Crippen MR) is 92.2 cm³/mol. The van der Waals surface area contributed by atoms with Gasteiger partial charge in [0.05, 0.1) is 0 Å². The average Bonchev–Trinajstić information content (AvgIpc) is 2.63. The molecule has 0 aliphatic carbocycles. The maximum Gasteiger partial charge on any atom is 0.272 e. The van der Waals surface area contributed by atoms with E-state index in [9.17, 15) is 14.0 Å². The number of rotatable bonds is 2. The third-order valence-electron chi connectivity index (χ3n) is 4.21. The molecule has 130 valence electrons. The normalized spacial score (nSPS) is 14.5. The molecule has 1 saturated heterocycles. The van der Waals surface area contributed by atoms with E-state index in [4.69, 9.17) is 11.6 Å². The Morgan fingerprint density at radius 2 is 1.68 bits per heavy atom. The molecule has 0 spiro atoms. The fourth-order valence-corrected chi connectivity index (χ4v) is 2.86. The number of halogens is 2. The van der Waals surface area contributed by atoms with Crippen LogP contribution in [0.2, 0.25) is 5.02 Å². The van der Waals surface area contributed by atoms with E-state index in [1.54, 1.807) is 34.9 Å². The SMILES string of the molecule is Cc1ccc(C(=O)N2CCN(C(=O)c3cc(Cl)ccn3)CC2)cc1F. The first-order valence-corrected chi connectivity index (χ1v) is 8.30. The second-order valence-electron chi connectivity index (χ2n) is 5.91. The highest BCUT2D eigenvalue weighted by Gasteiger charge is 2.26. The Kier molecular flexibility index (Phi) is 4.99. The fraction of sp³-hybridized carbons (Fsp3) is 0.278. The number of nitrogens with zero attached hydrogens (tertiary/aromatic N) is 3. The summed E-state index contributed by atoms with van der Waals surface area (Å²) in [5.41, 5.74) is 1.10. The third-order valence-corrected chi connectivity index (χ3v) is 4.45. The minimum absolute atomic E-state index is 0.212. The molecule has 1 fully saturated rings. The molecule has 0 N–H and O–H groups in total. The van der Waals surface area contributed by atoms with E-state index in [-0.39, 0.29) is 17.5 Å². The summed E-state index contributed by atoms with van der Waals surface area (Å²) in [4.78, 5) is 32.2. The predicted octanol–water partition coefficient (Wildman–Crippen LogP) is 2.78. The summed E-state index contributed by atoms with van der Waals surface area (Å²) < 4.78 is 13.7. The van der Waals surface area contributed by atoms with Gasteiger partial charge >= 0.3 is 0 Å². The van der Waals surface area contributed by atoms with Crippen molar-refractivity contribution in [1.82, 2.24) is 14.8 Å². The Hall–Kier alpha value is -2.47. The molecule has 7 heteroatoms. The quantitative estimate of drug-likeness (QED) is 0.826. The highest BCUT2D eigenvalue weighted by Crippen LogP contribution is 2.15. The molecule has 0 bridgehead atoms. The molecule has 1 aromatic heterocycles. The number of amides is 2. The van der Waals surface area contributed by atoms with E-state index in [2.05, 4.69) is 4.98 Å². The maximum atomic E-state index is 13.7. The molecule has 3 rings (SSSR count). The fourth-order valence-electron chi connectivity index (χ4n) is 2.70. The van der Waals surface area contributed by atoms with Crippen LogP contribution in [0.15, 0.2) is 36.5 Å². The summed E-state index contributed by atoms with van der Waals surface area (Å²) in [6.07, 6.45) is 1.49. The summed E-state index contributed by atoms with van der Waals surface area (Å²) in [6.45, 7) is 3.22. The minimum atomic E-state index is -0.397. The second-order valence-corrected chi connectivity index (χ2v) is 6.34. The molecule has 1 aliphatic heterocycles. The van der Waals surface area contributed by atoms with Crippen molar-refractivity contribution in [2.24, 2.45) is 0 Å². The van der Waals surface area contributed by atoms with Crippen LogP contribution in [0.5, 0.6) is 0 Å². The van der Waals surface area contributed by atoms with Crippen LogP contribution in [0.25, 0.3) is 0 Å². The van der Waals surface area contributed by atoms with Crippen LogP contribution in [0.1, 0.15) is 26.4 Å². The number of aryl methyl sites for hydroxylation is 1. The lowest BCUT2D eigenvalue weighted by atomic mass is 10.1. The van der Waals surface area contributed by atoms with Gasteiger partial charge in [0.15, 0.2) is 0 Å². The molecule has 1 aliphatic rings. The Labute approximate surface area is 150 Å². The largest absolute Gasteiger partial charge is 0.335 e. The lowest BCUT2D eigenvalue weighted by Crippen LogP contribution is -2.50. The number of hydrogen-bond donors (Lipinski definition) is 0. The van der Waals surface area contributed by atoms with Gasteiger partial charge in [-0.15, -0.1) is 0 Å². The van der Waals surface area contributed by atoms with Crippen molar-refractivity contribution in [2.45, 2.75) is 6.92 Å². The molecule has 1 aromatic carbocycles. The van der Waals surface area contributed by atoms with Crippen molar-refractivity contribution in [3.63, 3.8) is 0 Å². The molecular formula is C18H17ClFN3O2. The standard InChI is InChI=1S/C18H17ClFN3O2/c1-12-2-3-13(10-15(12)20)17(24)22-6-8-23(9-7-22)18(25)16-11-14(19)4-5-21-16/h2-5,10-11H,6-9H2,1H3. The van der Waals surface area contributed by atoms with Gasteiger partial charge in [0.2, 0.25) is 0 Å². The molecule has 0 radical (unpaired) electrons. The molecule has 5 nitrogen and oxygen atoms in total. The van der Waals surface area contributed by atoms with E-state index < -0.39 is 5.82 Å². The maximum absolute atomic E-state index is 13.7. The zero-order valence-electron chi connectivity index (χ0n) is 13.7. The number of pyridine rings is 1. The lowest BCUT2D eigenvalue weighted by Gasteiger charge is -2.34. The summed E-state index contributed by atoms with van der Waals surface area (Å²) in [5.74, 6) is -0.838. The van der Waals surface area contributed by atoms with Gasteiger partial charge < -0.3 is 9.80 Å². The minimum Gasteiger partial charge on any atom is -0.335 e. The number of benzene rings is 1. The Morgan fingerprint density at radius 3 is 2.28 bits per heavy atom. The number of carbonyl (C=O) groups is 2. The Balaban J connectivity index is 1.64. The summed E-state index contributed by atoms with van der Waals surface area (Å²) in [5, 5.41) is 0.452. The van der Waals surface area contributed by atoms with Gasteiger partial charge in [-0.1, -0.05) is 17.7 Å². The Bertz CT molecular complexity index is 820. The molecule has 2 amide bonds. The van der Waals surface area contributed by atoms with Crippen molar-refractivity contribution in [1.29, 1.82) is 0 Å². The van der Waals surface area contributed by atoms with Crippen LogP contribution in [-0.4, -0.2) is 52.8 Å². The van der Waals surface area contributed by atoms with Crippen LogP contribution in [0.4, 0.5) is 4.39 Å². The van der Waals surface area contributed by atoms with Crippen molar-refractivity contribution < 1.29 is 14.0 Å². The smallest absolute Gasteiger partial charge is 0.272 e. The van der Waals surface area contributed by atoms with E-state index in [0.29, 0.717) is 42.3 Å². The first-order chi connectivity index (χ1) is 12.0. The zero-order valence-corrected chi connectivity index (χ0v) is 14.5. The van der Waals surface area contributed by atoms with Gasteiger partial charge in [0.1, 0.15) is 11.5 Å². The molecule has 25 heavy (non-hydrogen) atoms. The van der Waals surface area contributed by atoms with Gasteiger partial charge in [-0.2, -0.15) is 0 Å². The Morgan fingerprint density at radius 1 is 1.04 bits per heavy atom. The van der Waals surface area contributed by atoms with Gasteiger partial charge in [-0.3, -0.25) is 14.6 Å². The van der Waals surface area contributed by atoms with Crippen molar-refractivity contribution in [3.8, 4) is 0 Å². The summed E-state index contributed by atoms with van der Waals surface area (Å²) >= 11 is 5.89. The number of piperazine rings is 1. The third kappa shape index (κ3) is 3.79. The van der Waals surface area contributed by atoms with Crippen LogP contribution in [-0.2, 0) is 0 Å². The number of carbonyl (C=O) groups excluding carboxylic acids is 2. The number of aromatic nitrogens is 1. The zero-order chi connectivity index (χ0) is 18.0. The van der Waals surface area contributed by atoms with E-state index in [0.717, 1.165) is 0 Å². The van der Waals surface area contributed by atoms with E-state index in [1.807, 2.05) is 0 Å². The molecule has 0 unspecified atom stereocenters. The molecule has 2 aromatic rings. The molecule has 0 atom stereocenters. The lowest BCUT2D eigenvalue weighted by molar-refractivity contribution is 0.0532. The first-order valence-electron chi connectivity index (χ1n) is 7.92. The average molecular weight is 362 g/mol. The first kappa shape index (κ1) is 17.4. The van der Waals surface area contributed by atoms with Crippen LogP contribution in [0, 0.1) is 12.7 Å². The monoisotopic (exact) mass is 361 g/mol. The van der Waals surface area contributed by atoms with Crippen molar-refractivity contribution >= 4 is 23.4 Å². The summed E-state index contributed by atoms with van der Waals surface area (Å²) in [6, 6.07) is 7.60. The van der Waals surface area contributed by atoms with Gasteiger partial charge in [-0.05, 0) is 36.8 Å². The highest BCUT2D eigenvalue weighted by atomic mass is 35.5. The van der Waals surface area contributed by atoms with E-state index in [1.165, 1.54) is 18.3 Å². The van der Waals surface area contributed by atoms with Crippen LogP contribution >= 0.6 is 11.6 Å². The highest BCUT2D eigenvalue weighted by molar-refractivity contribution is 6.30.